The van der Waals surface area contributed by atoms with Gasteiger partial charge < -0.3 is 33.0 Å². The lowest BCUT2D eigenvalue weighted by Gasteiger charge is -2.45. The van der Waals surface area contributed by atoms with Crippen molar-refractivity contribution in [3.63, 3.8) is 0 Å². The van der Waals surface area contributed by atoms with Crippen LogP contribution in [0.25, 0.3) is 10.8 Å². The lowest BCUT2D eigenvalue weighted by Crippen LogP contribution is -2.60. The van der Waals surface area contributed by atoms with Gasteiger partial charge in [0.25, 0.3) is 11.8 Å². The quantitative estimate of drug-likeness (QED) is 0.166. The molecule has 1 unspecified atom stereocenters. The highest BCUT2D eigenvalue weighted by molar-refractivity contribution is 9.10. The van der Waals surface area contributed by atoms with Crippen LogP contribution in [-0.2, 0) is 58.8 Å². The number of methoxy groups -OCH3 is 1. The molecule has 1 fully saturated rings. The standard InChI is InChI=1S/C33H32BrN3O13/c1-15(38)46-13-25-27(47-16(2)39)28(48-17(3)40)29(49-18(4)41)32(50-25)36-14-35-12-19(36)11-24(33(44)45-5)37-30(42)21-8-6-7-20-23(34)10-9-22(26(20)21)31(37)43/h6-10,12,14,24-25,27-29,32H,11,13H2,1-5H3/t24?,25-,27+,28+,29-,32-/m1/s1. The van der Waals surface area contributed by atoms with Crippen LogP contribution in [-0.4, -0.2) is 100 Å². The van der Waals surface area contributed by atoms with Crippen molar-refractivity contribution < 1.29 is 62.0 Å². The summed E-state index contributed by atoms with van der Waals surface area (Å²) in [6.45, 7) is 3.96. The zero-order chi connectivity index (χ0) is 36.4. The minimum absolute atomic E-state index is 0.182. The molecule has 2 amide bonds. The molecule has 2 aliphatic rings. The smallest absolute Gasteiger partial charge is 0.329 e. The Bertz CT molecular complexity index is 1870. The van der Waals surface area contributed by atoms with Gasteiger partial charge in [-0.25, -0.2) is 9.78 Å². The third-order valence-electron chi connectivity index (χ3n) is 8.06. The van der Waals surface area contributed by atoms with Crippen molar-refractivity contribution in [3.05, 3.63) is 64.1 Å². The number of rotatable bonds is 10. The molecule has 50 heavy (non-hydrogen) atoms. The van der Waals surface area contributed by atoms with Crippen LogP contribution >= 0.6 is 15.9 Å². The van der Waals surface area contributed by atoms with Crippen molar-refractivity contribution in [2.75, 3.05) is 13.7 Å². The Balaban J connectivity index is 1.58. The molecule has 17 heteroatoms. The first-order valence-electron chi connectivity index (χ1n) is 15.2. The van der Waals surface area contributed by atoms with E-state index in [1.54, 1.807) is 30.3 Å². The number of nitrogens with zero attached hydrogens (tertiary/aromatic N) is 3. The predicted octanol–water partition coefficient (Wildman–Crippen LogP) is 2.43. The van der Waals surface area contributed by atoms with Gasteiger partial charge in [-0.05, 0) is 23.6 Å². The van der Waals surface area contributed by atoms with E-state index in [0.29, 0.717) is 15.2 Å². The Morgan fingerprint density at radius 3 is 2.10 bits per heavy atom. The Morgan fingerprint density at radius 2 is 1.48 bits per heavy atom. The molecule has 0 radical (unpaired) electrons. The van der Waals surface area contributed by atoms with E-state index in [9.17, 15) is 33.6 Å². The van der Waals surface area contributed by atoms with E-state index in [1.165, 1.54) is 17.1 Å². The average molecular weight is 759 g/mol. The largest absolute Gasteiger partial charge is 0.467 e. The summed E-state index contributed by atoms with van der Waals surface area (Å²) in [4.78, 5) is 94.9. The molecule has 16 nitrogen and oxygen atoms in total. The number of hydrogen-bond acceptors (Lipinski definition) is 14. The number of amides is 2. The molecule has 5 rings (SSSR count). The molecule has 3 aromatic rings. The molecule has 264 valence electrons. The molecule has 2 aliphatic heterocycles. The zero-order valence-electron chi connectivity index (χ0n) is 27.4. The topological polar surface area (TPSA) is 196 Å². The summed E-state index contributed by atoms with van der Waals surface area (Å²) in [6.07, 6.45) is -4.81. The van der Waals surface area contributed by atoms with Gasteiger partial charge in [0, 0.05) is 67.0 Å². The first kappa shape index (κ1) is 36.1. The molecule has 0 bridgehead atoms. The van der Waals surface area contributed by atoms with Gasteiger partial charge in [-0.15, -0.1) is 0 Å². The second kappa shape index (κ2) is 14.8. The van der Waals surface area contributed by atoms with Crippen LogP contribution in [0.15, 0.2) is 47.3 Å². The fourth-order valence-corrected chi connectivity index (χ4v) is 6.59. The Labute approximate surface area is 293 Å². The Morgan fingerprint density at radius 1 is 0.860 bits per heavy atom. The molecule has 0 N–H and O–H groups in total. The summed E-state index contributed by atoms with van der Waals surface area (Å²) in [5.41, 5.74) is 0.572. The van der Waals surface area contributed by atoms with Gasteiger partial charge in [0.05, 0.1) is 13.4 Å². The van der Waals surface area contributed by atoms with Crippen molar-refractivity contribution in [3.8, 4) is 0 Å². The Hall–Kier alpha value is -5.16. The first-order chi connectivity index (χ1) is 23.7. The average Bonchev–Trinajstić information content (AvgIpc) is 3.51. The number of imidazole rings is 1. The number of carbonyl (C=O) groups is 7. The second-order valence-electron chi connectivity index (χ2n) is 11.4. The third-order valence-corrected chi connectivity index (χ3v) is 8.75. The van der Waals surface area contributed by atoms with Crippen LogP contribution in [0.2, 0.25) is 0 Å². The van der Waals surface area contributed by atoms with Gasteiger partial charge in [-0.3, -0.25) is 33.7 Å². The lowest BCUT2D eigenvalue weighted by atomic mass is 9.92. The highest BCUT2D eigenvalue weighted by Gasteiger charge is 2.53. The molecule has 3 heterocycles. The molecular formula is C33H32BrN3O13. The zero-order valence-corrected chi connectivity index (χ0v) is 29.0. The summed E-state index contributed by atoms with van der Waals surface area (Å²) in [5, 5.41) is 1.07. The third kappa shape index (κ3) is 7.09. The van der Waals surface area contributed by atoms with Crippen LogP contribution in [0, 0.1) is 0 Å². The van der Waals surface area contributed by atoms with E-state index in [4.69, 9.17) is 28.4 Å². The maximum absolute atomic E-state index is 14.0. The molecule has 1 saturated heterocycles. The van der Waals surface area contributed by atoms with Gasteiger partial charge in [0.2, 0.25) is 0 Å². The molecule has 6 atom stereocenters. The first-order valence-corrected chi connectivity index (χ1v) is 16.0. The van der Waals surface area contributed by atoms with Crippen molar-refractivity contribution in [2.24, 2.45) is 0 Å². The van der Waals surface area contributed by atoms with Gasteiger partial charge in [0.15, 0.2) is 24.5 Å². The number of benzene rings is 2. The molecular weight excluding hydrogens is 726 g/mol. The monoisotopic (exact) mass is 757 g/mol. The molecule has 1 aromatic heterocycles. The SMILES string of the molecule is COC(=O)C(Cc1cncn1[C@@H]1O[C@H](COC(C)=O)[C@H](OC(C)=O)[C@H](OC(C)=O)[C@H]1OC(C)=O)N1C(=O)c2cccc3c(Br)ccc(c23)C1=O. The molecule has 0 saturated carbocycles. The summed E-state index contributed by atoms with van der Waals surface area (Å²) < 4.78 is 35.0. The maximum Gasteiger partial charge on any atom is 0.329 e. The van der Waals surface area contributed by atoms with Crippen LogP contribution in [0.3, 0.4) is 0 Å². The van der Waals surface area contributed by atoms with E-state index in [-0.39, 0.29) is 23.2 Å². The van der Waals surface area contributed by atoms with Crippen LogP contribution < -0.4 is 0 Å². The van der Waals surface area contributed by atoms with Gasteiger partial charge in [-0.1, -0.05) is 28.1 Å². The van der Waals surface area contributed by atoms with Crippen LogP contribution in [0.4, 0.5) is 0 Å². The number of esters is 5. The highest BCUT2D eigenvalue weighted by Crippen LogP contribution is 2.38. The fraction of sp³-hybridized carbons (Fsp3) is 0.394. The normalized spacial score (nSPS) is 22.0. The summed E-state index contributed by atoms with van der Waals surface area (Å²) in [6, 6.07) is 6.66. The van der Waals surface area contributed by atoms with Crippen molar-refractivity contribution >= 4 is 68.4 Å². The van der Waals surface area contributed by atoms with Crippen LogP contribution in [0.5, 0.6) is 0 Å². The van der Waals surface area contributed by atoms with E-state index >= 15 is 0 Å². The van der Waals surface area contributed by atoms with Crippen molar-refractivity contribution in [1.82, 2.24) is 14.5 Å². The van der Waals surface area contributed by atoms with Crippen molar-refractivity contribution in [1.29, 1.82) is 0 Å². The number of halogens is 1. The number of aromatic nitrogens is 2. The maximum atomic E-state index is 14.0. The Kier molecular flexibility index (Phi) is 10.7. The van der Waals surface area contributed by atoms with Gasteiger partial charge in [-0.2, -0.15) is 0 Å². The highest BCUT2D eigenvalue weighted by atomic mass is 79.9. The summed E-state index contributed by atoms with van der Waals surface area (Å²) in [5.74, 6) is -5.53. The van der Waals surface area contributed by atoms with E-state index < -0.39 is 85.0 Å². The van der Waals surface area contributed by atoms with Gasteiger partial charge in [0.1, 0.15) is 18.8 Å². The number of imide groups is 1. The fourth-order valence-electron chi connectivity index (χ4n) is 6.13. The lowest BCUT2D eigenvalue weighted by molar-refractivity contribution is -0.268. The van der Waals surface area contributed by atoms with E-state index in [2.05, 4.69) is 20.9 Å². The van der Waals surface area contributed by atoms with E-state index in [1.807, 2.05) is 0 Å². The number of carbonyl (C=O) groups excluding carboxylic acids is 7. The summed E-state index contributed by atoms with van der Waals surface area (Å²) in [7, 11) is 1.11. The molecule has 2 aromatic carbocycles. The minimum atomic E-state index is -1.52. The number of hydrogen-bond donors (Lipinski definition) is 0. The number of ether oxygens (including phenoxy) is 6. The molecule has 0 aliphatic carbocycles. The predicted molar refractivity (Wildman–Crippen MR) is 171 cm³/mol. The minimum Gasteiger partial charge on any atom is -0.467 e. The van der Waals surface area contributed by atoms with Crippen molar-refractivity contribution in [2.45, 2.75) is 70.8 Å². The second-order valence-corrected chi connectivity index (χ2v) is 12.3. The van der Waals surface area contributed by atoms with E-state index in [0.717, 1.165) is 39.7 Å². The molecule has 0 spiro atoms. The summed E-state index contributed by atoms with van der Waals surface area (Å²) >= 11 is 3.46. The van der Waals surface area contributed by atoms with Crippen LogP contribution in [0.1, 0.15) is 60.3 Å². The van der Waals surface area contributed by atoms with Gasteiger partial charge >= 0.3 is 29.8 Å².